The van der Waals surface area contributed by atoms with Crippen LogP contribution in [0, 0.1) is 20.8 Å². The zero-order chi connectivity index (χ0) is 54.8. The number of hydrogen-bond donors (Lipinski definition) is 0. The van der Waals surface area contributed by atoms with Crippen LogP contribution < -0.4 is 57.0 Å². The van der Waals surface area contributed by atoms with Crippen molar-refractivity contribution in [3.05, 3.63) is 296 Å². The molecule has 0 aromatic heterocycles. The number of para-hydroxylation sites is 5. The van der Waals surface area contributed by atoms with Crippen molar-refractivity contribution in [2.24, 2.45) is 0 Å². The van der Waals surface area contributed by atoms with Gasteiger partial charge in [-0.25, -0.2) is 0 Å². The van der Waals surface area contributed by atoms with Crippen LogP contribution in [0.25, 0.3) is 22.3 Å². The molecule has 0 unspecified atom stereocenters. The van der Waals surface area contributed by atoms with Crippen molar-refractivity contribution in [2.75, 3.05) is 14.7 Å². The Labute approximate surface area is 480 Å². The van der Waals surface area contributed by atoms with E-state index in [1.54, 1.807) is 0 Å². The molecule has 3 heterocycles. The van der Waals surface area contributed by atoms with Gasteiger partial charge >= 0.3 is 0 Å². The molecule has 12 aromatic carbocycles. The molecule has 5 nitrogen and oxygen atoms in total. The summed E-state index contributed by atoms with van der Waals surface area (Å²) in [5, 5.41) is 0. The lowest BCUT2D eigenvalue weighted by Gasteiger charge is -2.43. The number of nitrogens with zero attached hydrogens (tertiary/aromatic N) is 3. The summed E-state index contributed by atoms with van der Waals surface area (Å²) in [6, 6.07) is 101. The van der Waals surface area contributed by atoms with Crippen LogP contribution >= 0.6 is 0 Å². The van der Waals surface area contributed by atoms with Crippen molar-refractivity contribution in [1.29, 1.82) is 0 Å². The van der Waals surface area contributed by atoms with Crippen LogP contribution in [0.1, 0.15) is 16.7 Å². The summed E-state index contributed by atoms with van der Waals surface area (Å²) < 4.78 is 14.9. The van der Waals surface area contributed by atoms with Gasteiger partial charge in [-0.1, -0.05) is 205 Å². The smallest absolute Gasteiger partial charge is 0.256 e. The molecule has 15 rings (SSSR count). The molecule has 0 aliphatic carbocycles. The molecule has 388 valence electrons. The van der Waals surface area contributed by atoms with Crippen LogP contribution in [0.2, 0.25) is 0 Å². The molecule has 82 heavy (non-hydrogen) atoms. The maximum Gasteiger partial charge on any atom is 0.256 e. The minimum atomic E-state index is -0.272. The first kappa shape index (κ1) is 48.9. The van der Waals surface area contributed by atoms with Crippen LogP contribution in [0.15, 0.2) is 279 Å². The zero-order valence-corrected chi connectivity index (χ0v) is 45.9. The van der Waals surface area contributed by atoms with E-state index in [-0.39, 0.29) is 13.4 Å². The van der Waals surface area contributed by atoms with E-state index in [0.717, 1.165) is 107 Å². The predicted octanol–water partition coefficient (Wildman–Crippen LogP) is 15.9. The van der Waals surface area contributed by atoms with E-state index in [1.807, 2.05) is 0 Å². The van der Waals surface area contributed by atoms with Crippen LogP contribution in [0.4, 0.5) is 51.2 Å². The summed E-state index contributed by atoms with van der Waals surface area (Å²) >= 11 is 0. The van der Waals surface area contributed by atoms with Gasteiger partial charge in [-0.05, 0) is 148 Å². The summed E-state index contributed by atoms with van der Waals surface area (Å²) in [6.45, 7) is 6.23. The van der Waals surface area contributed by atoms with Gasteiger partial charge in [-0.3, -0.25) is 0 Å². The van der Waals surface area contributed by atoms with E-state index < -0.39 is 0 Å². The van der Waals surface area contributed by atoms with E-state index in [9.17, 15) is 0 Å². The summed E-state index contributed by atoms with van der Waals surface area (Å²) in [6.07, 6.45) is 0. The topological polar surface area (TPSA) is 28.2 Å². The number of benzene rings is 12. The number of ether oxygens (including phenoxy) is 2. The van der Waals surface area contributed by atoms with Crippen molar-refractivity contribution in [1.82, 2.24) is 0 Å². The molecule has 0 bridgehead atoms. The van der Waals surface area contributed by atoms with Crippen molar-refractivity contribution in [3.8, 4) is 45.3 Å². The lowest BCUT2D eigenvalue weighted by molar-refractivity contribution is 0.487. The Balaban J connectivity index is 1.04. The molecule has 0 N–H and O–H groups in total. The number of aryl methyl sites for hydroxylation is 3. The van der Waals surface area contributed by atoms with Gasteiger partial charge in [0.05, 0.1) is 11.4 Å². The molecule has 3 aliphatic rings. The van der Waals surface area contributed by atoms with Gasteiger partial charge in [-0.15, -0.1) is 0 Å². The SMILES string of the molecule is Cc1cc(C)c(N2c3cc4c(cc3B3c5ccccc5Oc5cc(N(c6ccccc6)c6ccccc6)cc2c53)B(c2c(-c3ccccc3)cccc2-c2ccccc2)c2ccc(N(c3ccccc3)c3ccccc3)cc2O4)c(C)c1. The minimum Gasteiger partial charge on any atom is -0.458 e. The molecule has 12 aromatic rings. The zero-order valence-electron chi connectivity index (χ0n) is 45.9. The monoisotopic (exact) mass is 1050 g/mol. The van der Waals surface area contributed by atoms with Gasteiger partial charge in [-0.2, -0.15) is 0 Å². The highest BCUT2D eigenvalue weighted by molar-refractivity contribution is 7.01. The normalized spacial score (nSPS) is 12.5. The third-order valence-electron chi connectivity index (χ3n) is 16.6. The molecule has 3 aliphatic heterocycles. The summed E-state index contributed by atoms with van der Waals surface area (Å²) in [7, 11) is 0. The van der Waals surface area contributed by atoms with Crippen LogP contribution in [0.3, 0.4) is 0 Å². The van der Waals surface area contributed by atoms with Crippen molar-refractivity contribution in [2.45, 2.75) is 20.8 Å². The highest BCUT2D eigenvalue weighted by Crippen LogP contribution is 2.49. The second-order valence-electron chi connectivity index (χ2n) is 21.8. The first-order valence-electron chi connectivity index (χ1n) is 28.3. The fourth-order valence-corrected chi connectivity index (χ4v) is 13.3. The third kappa shape index (κ3) is 8.27. The Hall–Kier alpha value is -10.2. The van der Waals surface area contributed by atoms with E-state index in [4.69, 9.17) is 9.47 Å². The Bertz CT molecular complexity index is 4230. The minimum absolute atomic E-state index is 0.193. The number of rotatable bonds is 10. The Morgan fingerprint density at radius 2 is 0.756 bits per heavy atom. The molecular weight excluding hydrogens is 996 g/mol. The maximum absolute atomic E-state index is 7.67. The van der Waals surface area contributed by atoms with Gasteiger partial charge in [0, 0.05) is 58.0 Å². The van der Waals surface area contributed by atoms with Gasteiger partial charge < -0.3 is 24.2 Å². The molecule has 0 atom stereocenters. The highest BCUT2D eigenvalue weighted by Gasteiger charge is 2.46. The van der Waals surface area contributed by atoms with Crippen molar-refractivity contribution in [3.63, 3.8) is 0 Å². The Morgan fingerprint density at radius 1 is 0.305 bits per heavy atom. The summed E-state index contributed by atoms with van der Waals surface area (Å²) in [4.78, 5) is 7.19. The van der Waals surface area contributed by atoms with E-state index >= 15 is 0 Å². The van der Waals surface area contributed by atoms with E-state index in [0.29, 0.717) is 0 Å². The second kappa shape index (κ2) is 20.1. The van der Waals surface area contributed by atoms with Gasteiger partial charge in [0.25, 0.3) is 13.4 Å². The predicted molar refractivity (Wildman–Crippen MR) is 344 cm³/mol. The number of anilines is 9. The molecule has 0 amide bonds. The lowest BCUT2D eigenvalue weighted by Crippen LogP contribution is -2.62. The Morgan fingerprint density at radius 3 is 1.32 bits per heavy atom. The second-order valence-corrected chi connectivity index (χ2v) is 21.8. The first-order chi connectivity index (χ1) is 40.4. The molecule has 7 heteroatoms. The molecule has 0 fully saturated rings. The molecule has 0 saturated heterocycles. The fourth-order valence-electron chi connectivity index (χ4n) is 13.3. The van der Waals surface area contributed by atoms with E-state index in [1.165, 1.54) is 38.7 Å². The Kier molecular flexibility index (Phi) is 12.0. The van der Waals surface area contributed by atoms with Gasteiger partial charge in [0.1, 0.15) is 23.0 Å². The quantitative estimate of drug-likeness (QED) is 0.127. The molecule has 0 saturated carbocycles. The molecule has 0 spiro atoms. The van der Waals surface area contributed by atoms with Crippen molar-refractivity contribution >= 4 is 97.4 Å². The number of fused-ring (bicyclic) bond motifs is 6. The summed E-state index contributed by atoms with van der Waals surface area (Å²) in [5.74, 6) is 3.30. The van der Waals surface area contributed by atoms with Crippen LogP contribution in [-0.2, 0) is 0 Å². The highest BCUT2D eigenvalue weighted by atomic mass is 16.5. The lowest BCUT2D eigenvalue weighted by atomic mass is 9.31. The molecular formula is C75H55B2N3O2. The maximum atomic E-state index is 7.67. The average Bonchev–Trinajstić information content (AvgIpc) is 1.38. The molecule has 0 radical (unpaired) electrons. The summed E-state index contributed by atoms with van der Waals surface area (Å²) in [5.41, 5.74) is 24.5. The largest absolute Gasteiger partial charge is 0.458 e. The van der Waals surface area contributed by atoms with E-state index in [2.05, 4.69) is 315 Å². The number of hydrogen-bond acceptors (Lipinski definition) is 5. The third-order valence-corrected chi connectivity index (χ3v) is 16.6. The van der Waals surface area contributed by atoms with Crippen molar-refractivity contribution < 1.29 is 9.47 Å². The first-order valence-corrected chi connectivity index (χ1v) is 28.3. The van der Waals surface area contributed by atoms with Crippen LogP contribution in [0.5, 0.6) is 23.0 Å². The standard InChI is InChI=1S/C75H55B2N3O2/c1-50-43-51(2)75(52(3)44-50)80-67-49-71-66(48-65(67)76-63-39-22-23-40-69(63)81-72-47-60(45-68(80)74(72)76)79(57-33-18-8-19-34-57)58-35-20-9-21-36-58)77(73-61(53-25-10-4-11-26-53)37-24-38-62(73)54-27-12-5-13-28-54)64-42-41-59(46-70(64)82-71)78(55-29-14-6-15-30-55)56-31-16-7-17-32-56/h4-49H,1-3H3. The van der Waals surface area contributed by atoms with Gasteiger partial charge in [0.2, 0.25) is 0 Å². The average molecular weight is 1050 g/mol. The van der Waals surface area contributed by atoms with Crippen LogP contribution in [-0.4, -0.2) is 13.4 Å². The fraction of sp³-hybridized carbons (Fsp3) is 0.0400. The van der Waals surface area contributed by atoms with Gasteiger partial charge in [0.15, 0.2) is 0 Å².